The van der Waals surface area contributed by atoms with Gasteiger partial charge in [-0.15, -0.1) is 5.10 Å². The first kappa shape index (κ1) is 12.6. The Morgan fingerprint density at radius 1 is 1.42 bits per heavy atom. The summed E-state index contributed by atoms with van der Waals surface area (Å²) < 4.78 is 1.71. The minimum absolute atomic E-state index is 0.0358. The Morgan fingerprint density at radius 2 is 2.16 bits per heavy atom. The SMILES string of the molecule is N#CC1(n2cc([C@@H](N)CC3CCCCC3)nn2)CC1. The van der Waals surface area contributed by atoms with Crippen LogP contribution in [0.25, 0.3) is 0 Å². The number of nitrogens with two attached hydrogens (primary N) is 1. The lowest BCUT2D eigenvalue weighted by Gasteiger charge is -2.23. The molecule has 0 aromatic carbocycles. The molecule has 5 heteroatoms. The second-order valence-electron chi connectivity index (χ2n) is 6.08. The van der Waals surface area contributed by atoms with Gasteiger partial charge in [-0.2, -0.15) is 5.26 Å². The summed E-state index contributed by atoms with van der Waals surface area (Å²) in [5.74, 6) is 0.736. The van der Waals surface area contributed by atoms with Crippen LogP contribution in [0.1, 0.15) is 63.1 Å². The molecule has 1 atom stereocenters. The molecule has 5 nitrogen and oxygen atoms in total. The van der Waals surface area contributed by atoms with Crippen molar-refractivity contribution in [2.75, 3.05) is 0 Å². The number of nitriles is 1. The van der Waals surface area contributed by atoms with E-state index in [2.05, 4.69) is 16.4 Å². The highest BCUT2D eigenvalue weighted by molar-refractivity contribution is 5.16. The van der Waals surface area contributed by atoms with Crippen molar-refractivity contribution in [2.24, 2.45) is 11.7 Å². The molecule has 1 aromatic rings. The molecule has 0 bridgehead atoms. The topological polar surface area (TPSA) is 80.5 Å². The zero-order valence-electron chi connectivity index (χ0n) is 11.3. The monoisotopic (exact) mass is 259 g/mol. The van der Waals surface area contributed by atoms with Crippen LogP contribution in [0.4, 0.5) is 0 Å². The van der Waals surface area contributed by atoms with E-state index in [1.165, 1.54) is 32.1 Å². The van der Waals surface area contributed by atoms with Crippen LogP contribution in [0.15, 0.2) is 6.20 Å². The van der Waals surface area contributed by atoms with E-state index in [0.717, 1.165) is 30.9 Å². The Kier molecular flexibility index (Phi) is 3.28. The highest BCUT2D eigenvalue weighted by atomic mass is 15.5. The van der Waals surface area contributed by atoms with Gasteiger partial charge in [-0.3, -0.25) is 0 Å². The quantitative estimate of drug-likeness (QED) is 0.899. The molecule has 1 heterocycles. The molecule has 2 aliphatic carbocycles. The van der Waals surface area contributed by atoms with Crippen molar-refractivity contribution >= 4 is 0 Å². The number of aromatic nitrogens is 3. The van der Waals surface area contributed by atoms with E-state index in [1.54, 1.807) is 4.68 Å². The van der Waals surface area contributed by atoms with Crippen LogP contribution in [0.3, 0.4) is 0 Å². The van der Waals surface area contributed by atoms with Gasteiger partial charge in [0.05, 0.1) is 24.0 Å². The molecule has 2 aliphatic rings. The molecule has 19 heavy (non-hydrogen) atoms. The minimum Gasteiger partial charge on any atom is -0.323 e. The number of hydrogen-bond acceptors (Lipinski definition) is 4. The van der Waals surface area contributed by atoms with E-state index < -0.39 is 5.54 Å². The van der Waals surface area contributed by atoms with Gasteiger partial charge in [0, 0.05) is 0 Å². The van der Waals surface area contributed by atoms with Crippen molar-refractivity contribution in [2.45, 2.75) is 62.9 Å². The summed E-state index contributed by atoms with van der Waals surface area (Å²) in [4.78, 5) is 0. The van der Waals surface area contributed by atoms with Crippen LogP contribution >= 0.6 is 0 Å². The molecule has 0 spiro atoms. The predicted octanol–water partition coefficient (Wildman–Crippen LogP) is 2.26. The third-order valence-corrected chi connectivity index (χ3v) is 4.57. The summed E-state index contributed by atoms with van der Waals surface area (Å²) in [5, 5.41) is 17.4. The van der Waals surface area contributed by atoms with Crippen molar-refractivity contribution in [3.05, 3.63) is 11.9 Å². The maximum atomic E-state index is 9.15. The van der Waals surface area contributed by atoms with Crippen LogP contribution in [0, 0.1) is 17.2 Å². The molecule has 0 radical (unpaired) electrons. The lowest BCUT2D eigenvalue weighted by molar-refractivity contribution is 0.317. The molecule has 2 fully saturated rings. The summed E-state index contributed by atoms with van der Waals surface area (Å²) in [6, 6.07) is 2.29. The zero-order chi connectivity index (χ0) is 13.3. The van der Waals surface area contributed by atoms with Crippen LogP contribution in [0.2, 0.25) is 0 Å². The van der Waals surface area contributed by atoms with Crippen molar-refractivity contribution in [3.8, 4) is 6.07 Å². The second-order valence-corrected chi connectivity index (χ2v) is 6.08. The van der Waals surface area contributed by atoms with E-state index in [0.29, 0.717) is 0 Å². The largest absolute Gasteiger partial charge is 0.323 e. The molecule has 0 aliphatic heterocycles. The first-order valence-corrected chi connectivity index (χ1v) is 7.33. The molecule has 0 amide bonds. The van der Waals surface area contributed by atoms with Crippen molar-refractivity contribution in [1.82, 2.24) is 15.0 Å². The Hall–Kier alpha value is -1.41. The molecule has 2 N–H and O–H groups in total. The van der Waals surface area contributed by atoms with Crippen LogP contribution < -0.4 is 5.73 Å². The summed E-state index contributed by atoms with van der Waals surface area (Å²) in [5.41, 5.74) is 6.66. The maximum Gasteiger partial charge on any atom is 0.150 e. The third-order valence-electron chi connectivity index (χ3n) is 4.57. The van der Waals surface area contributed by atoms with Gasteiger partial charge in [0.15, 0.2) is 5.54 Å². The lowest BCUT2D eigenvalue weighted by Crippen LogP contribution is -2.18. The molecular weight excluding hydrogens is 238 g/mol. The molecule has 3 rings (SSSR count). The molecule has 0 unspecified atom stereocenters. The highest BCUT2D eigenvalue weighted by Crippen LogP contribution is 2.42. The average Bonchev–Trinajstić information content (AvgIpc) is 3.08. The summed E-state index contributed by atoms with van der Waals surface area (Å²) in [6.07, 6.45) is 11.3. The number of rotatable bonds is 4. The van der Waals surface area contributed by atoms with Crippen LogP contribution in [-0.4, -0.2) is 15.0 Å². The van der Waals surface area contributed by atoms with Gasteiger partial charge in [0.2, 0.25) is 0 Å². The van der Waals surface area contributed by atoms with Crippen LogP contribution in [0.5, 0.6) is 0 Å². The molecule has 2 saturated carbocycles. The number of hydrogen-bond donors (Lipinski definition) is 1. The normalized spacial score (nSPS) is 23.8. The van der Waals surface area contributed by atoms with Gasteiger partial charge in [0.25, 0.3) is 0 Å². The van der Waals surface area contributed by atoms with Gasteiger partial charge in [-0.05, 0) is 25.2 Å². The Balaban J connectivity index is 1.64. The van der Waals surface area contributed by atoms with E-state index >= 15 is 0 Å². The van der Waals surface area contributed by atoms with Crippen molar-refractivity contribution < 1.29 is 0 Å². The Labute approximate surface area is 113 Å². The first-order valence-electron chi connectivity index (χ1n) is 7.33. The standard InChI is InChI=1S/C14H21N5/c15-10-14(6-7-14)19-9-13(17-18-19)12(16)8-11-4-2-1-3-5-11/h9,11-12H,1-8,16H2/t12-/m0/s1. The van der Waals surface area contributed by atoms with E-state index in [4.69, 9.17) is 11.0 Å². The van der Waals surface area contributed by atoms with E-state index in [9.17, 15) is 0 Å². The maximum absolute atomic E-state index is 9.15. The van der Waals surface area contributed by atoms with E-state index in [1.807, 2.05) is 6.20 Å². The van der Waals surface area contributed by atoms with Crippen LogP contribution in [-0.2, 0) is 5.54 Å². The first-order chi connectivity index (χ1) is 9.23. The lowest BCUT2D eigenvalue weighted by atomic mass is 9.84. The van der Waals surface area contributed by atoms with Gasteiger partial charge in [-0.1, -0.05) is 37.3 Å². The van der Waals surface area contributed by atoms with Crippen molar-refractivity contribution in [3.63, 3.8) is 0 Å². The molecule has 1 aromatic heterocycles. The fourth-order valence-electron chi connectivity index (χ4n) is 3.07. The zero-order valence-corrected chi connectivity index (χ0v) is 11.3. The van der Waals surface area contributed by atoms with Gasteiger partial charge in [0.1, 0.15) is 0 Å². The Bertz CT molecular complexity index is 476. The van der Waals surface area contributed by atoms with Gasteiger partial charge >= 0.3 is 0 Å². The minimum atomic E-state index is -0.421. The van der Waals surface area contributed by atoms with Gasteiger partial charge < -0.3 is 5.73 Å². The molecule has 0 saturated heterocycles. The summed E-state index contributed by atoms with van der Waals surface area (Å²) >= 11 is 0. The molecular formula is C14H21N5. The highest BCUT2D eigenvalue weighted by Gasteiger charge is 2.46. The fourth-order valence-corrected chi connectivity index (χ4v) is 3.07. The van der Waals surface area contributed by atoms with E-state index in [-0.39, 0.29) is 6.04 Å². The predicted molar refractivity (Wildman–Crippen MR) is 71.0 cm³/mol. The number of nitrogens with zero attached hydrogens (tertiary/aromatic N) is 4. The third kappa shape index (κ3) is 2.50. The summed E-state index contributed by atoms with van der Waals surface area (Å²) in [7, 11) is 0. The molecule has 102 valence electrons. The fraction of sp³-hybridized carbons (Fsp3) is 0.786. The van der Waals surface area contributed by atoms with Crippen molar-refractivity contribution in [1.29, 1.82) is 5.26 Å². The Morgan fingerprint density at radius 3 is 2.79 bits per heavy atom. The summed E-state index contributed by atoms with van der Waals surface area (Å²) in [6.45, 7) is 0. The average molecular weight is 259 g/mol. The smallest absolute Gasteiger partial charge is 0.150 e. The van der Waals surface area contributed by atoms with Gasteiger partial charge in [-0.25, -0.2) is 4.68 Å². The second kappa shape index (κ2) is 4.93.